The number of carbonyl (C=O) groups excluding carboxylic acids is 1. The Morgan fingerprint density at radius 3 is 2.51 bits per heavy atom. The summed E-state index contributed by atoms with van der Waals surface area (Å²) in [6.07, 6.45) is 0.426. The lowest BCUT2D eigenvalue weighted by molar-refractivity contribution is 0.0359. The maximum Gasteiger partial charge on any atom is 0.195 e. The number of rotatable bonds is 7. The minimum Gasteiger partial charge on any atom is -0.496 e. The molecule has 0 bridgehead atoms. The molecule has 0 amide bonds. The summed E-state index contributed by atoms with van der Waals surface area (Å²) in [4.78, 5) is 21.2. The number of halogens is 1. The highest BCUT2D eigenvalue weighted by atomic mass is 35.5. The molecule has 1 aliphatic heterocycles. The van der Waals surface area contributed by atoms with Gasteiger partial charge in [0.05, 0.1) is 13.2 Å². The van der Waals surface area contributed by atoms with Gasteiger partial charge >= 0.3 is 0 Å². The number of H-pyrrole nitrogens is 1. The Labute approximate surface area is 209 Å². The number of fused-ring (bicyclic) bond motifs is 1. The molecule has 35 heavy (non-hydrogen) atoms. The van der Waals surface area contributed by atoms with E-state index in [-0.39, 0.29) is 5.78 Å². The number of hydrogen-bond acceptors (Lipinski definition) is 5. The summed E-state index contributed by atoms with van der Waals surface area (Å²) in [5.41, 5.74) is 3.23. The minimum absolute atomic E-state index is 0.310. The van der Waals surface area contributed by atoms with Crippen LogP contribution in [0.25, 0.3) is 10.9 Å². The zero-order chi connectivity index (χ0) is 24.4. The monoisotopic (exact) mass is 489 g/mol. The number of para-hydroxylation sites is 2. The molecule has 5 rings (SSSR count). The molecule has 0 spiro atoms. The third-order valence-electron chi connectivity index (χ3n) is 6.76. The largest absolute Gasteiger partial charge is 0.496 e. The van der Waals surface area contributed by atoms with Crippen LogP contribution in [0.3, 0.4) is 0 Å². The third kappa shape index (κ3) is 4.65. The van der Waals surface area contributed by atoms with E-state index in [1.54, 1.807) is 13.3 Å². The van der Waals surface area contributed by atoms with Crippen LogP contribution in [-0.4, -0.2) is 60.2 Å². The second kappa shape index (κ2) is 10.1. The lowest BCUT2D eigenvalue weighted by Gasteiger charge is -2.42. The molecule has 4 aromatic rings. The van der Waals surface area contributed by atoms with Crippen molar-refractivity contribution in [2.75, 3.05) is 38.2 Å². The van der Waals surface area contributed by atoms with Crippen molar-refractivity contribution in [3.05, 3.63) is 95.1 Å². The fraction of sp³-hybridized carbons (Fsp3) is 0.250. The summed E-state index contributed by atoms with van der Waals surface area (Å²) < 4.78 is 5.63. The molecular weight excluding hydrogens is 462 g/mol. The molecule has 1 aliphatic rings. The SMILES string of the molecule is COc1ccccc1[C@@H]([C@@H](O)C(=O)c1c[nH]c2ccccc12)N1CCN(c2cccc(Cl)c2)CC1. The molecule has 3 aromatic carbocycles. The molecule has 0 saturated carbocycles. The molecule has 0 radical (unpaired) electrons. The minimum atomic E-state index is -1.26. The van der Waals surface area contributed by atoms with Crippen LogP contribution in [0.5, 0.6) is 5.75 Å². The Balaban J connectivity index is 1.45. The summed E-state index contributed by atoms with van der Waals surface area (Å²) in [5, 5.41) is 13.1. The van der Waals surface area contributed by atoms with E-state index >= 15 is 0 Å². The number of methoxy groups -OCH3 is 1. The Hall–Kier alpha value is -3.32. The van der Waals surface area contributed by atoms with Crippen LogP contribution in [0.4, 0.5) is 5.69 Å². The molecule has 2 heterocycles. The van der Waals surface area contributed by atoms with Gasteiger partial charge in [0.2, 0.25) is 0 Å². The van der Waals surface area contributed by atoms with E-state index < -0.39 is 12.1 Å². The molecule has 180 valence electrons. The van der Waals surface area contributed by atoms with Crippen molar-refractivity contribution in [1.29, 1.82) is 0 Å². The average molecular weight is 490 g/mol. The maximum absolute atomic E-state index is 13.6. The van der Waals surface area contributed by atoms with E-state index in [2.05, 4.69) is 20.9 Å². The summed E-state index contributed by atoms with van der Waals surface area (Å²) >= 11 is 6.20. The number of hydrogen-bond donors (Lipinski definition) is 2. The fourth-order valence-corrected chi connectivity index (χ4v) is 5.17. The van der Waals surface area contributed by atoms with Crippen molar-refractivity contribution in [2.24, 2.45) is 0 Å². The fourth-order valence-electron chi connectivity index (χ4n) is 4.99. The molecule has 1 fully saturated rings. The van der Waals surface area contributed by atoms with Crippen LogP contribution in [0.15, 0.2) is 79.0 Å². The van der Waals surface area contributed by atoms with Crippen molar-refractivity contribution < 1.29 is 14.6 Å². The number of ketones is 1. The van der Waals surface area contributed by atoms with E-state index in [0.29, 0.717) is 29.4 Å². The predicted octanol–water partition coefficient (Wildman–Crippen LogP) is 4.94. The lowest BCUT2D eigenvalue weighted by Crippen LogP contribution is -2.51. The van der Waals surface area contributed by atoms with Gasteiger partial charge in [0.25, 0.3) is 0 Å². The van der Waals surface area contributed by atoms with Crippen LogP contribution in [0.2, 0.25) is 5.02 Å². The van der Waals surface area contributed by atoms with Crippen LogP contribution in [0.1, 0.15) is 22.0 Å². The second-order valence-electron chi connectivity index (χ2n) is 8.75. The first-order valence-electron chi connectivity index (χ1n) is 11.7. The number of aliphatic hydroxyl groups is 1. The summed E-state index contributed by atoms with van der Waals surface area (Å²) in [6.45, 7) is 2.85. The molecule has 2 N–H and O–H groups in total. The van der Waals surface area contributed by atoms with Crippen molar-refractivity contribution in [3.63, 3.8) is 0 Å². The van der Waals surface area contributed by atoms with E-state index in [1.807, 2.05) is 66.7 Å². The Kier molecular flexibility index (Phi) is 6.77. The molecule has 0 aliphatic carbocycles. The first-order valence-corrected chi connectivity index (χ1v) is 12.1. The highest BCUT2D eigenvalue weighted by molar-refractivity contribution is 6.30. The summed E-state index contributed by atoms with van der Waals surface area (Å²) in [6, 6.07) is 22.5. The van der Waals surface area contributed by atoms with Crippen molar-refractivity contribution in [2.45, 2.75) is 12.1 Å². The number of Topliss-reactive ketones (excluding diaryl/α,β-unsaturated/α-hetero) is 1. The van der Waals surface area contributed by atoms with Gasteiger partial charge in [-0.25, -0.2) is 0 Å². The molecule has 0 unspecified atom stereocenters. The second-order valence-corrected chi connectivity index (χ2v) is 9.18. The first kappa shape index (κ1) is 23.4. The predicted molar refractivity (Wildman–Crippen MR) is 140 cm³/mol. The normalized spacial score (nSPS) is 16.3. The maximum atomic E-state index is 13.6. The molecule has 1 aromatic heterocycles. The number of benzene rings is 3. The topological polar surface area (TPSA) is 68.8 Å². The highest BCUT2D eigenvalue weighted by Crippen LogP contribution is 2.35. The molecule has 7 heteroatoms. The van der Waals surface area contributed by atoms with Gasteiger partial charge in [0.15, 0.2) is 5.78 Å². The van der Waals surface area contributed by atoms with Crippen molar-refractivity contribution >= 4 is 34.0 Å². The number of ether oxygens (including phenoxy) is 1. The van der Waals surface area contributed by atoms with Gasteiger partial charge < -0.3 is 19.7 Å². The van der Waals surface area contributed by atoms with Crippen LogP contribution in [0, 0.1) is 0 Å². The number of aromatic amines is 1. The van der Waals surface area contributed by atoms with Gasteiger partial charge in [-0.2, -0.15) is 0 Å². The summed E-state index contributed by atoms with van der Waals surface area (Å²) in [5.74, 6) is 0.344. The quantitative estimate of drug-likeness (QED) is 0.360. The van der Waals surface area contributed by atoms with Gasteiger partial charge in [0, 0.05) is 65.1 Å². The smallest absolute Gasteiger partial charge is 0.195 e. The number of aliphatic hydroxyl groups excluding tert-OH is 1. The standard InChI is InChI=1S/C28H28ClN3O3/c1-35-25-12-5-3-10-22(25)26(28(34)27(33)23-18-30-24-11-4-2-9-21(23)24)32-15-13-31(14-16-32)20-8-6-7-19(29)17-20/h2-12,17-18,26,28,30,34H,13-16H2,1H3/t26-,28+/m0/s1. The summed E-state index contributed by atoms with van der Waals surface area (Å²) in [7, 11) is 1.61. The van der Waals surface area contributed by atoms with Gasteiger partial charge in [-0.1, -0.05) is 54.1 Å². The molecule has 6 nitrogen and oxygen atoms in total. The third-order valence-corrected chi connectivity index (χ3v) is 7.00. The van der Waals surface area contributed by atoms with Gasteiger partial charge in [-0.3, -0.25) is 9.69 Å². The molecule has 2 atom stereocenters. The van der Waals surface area contributed by atoms with Crippen LogP contribution >= 0.6 is 11.6 Å². The lowest BCUT2D eigenvalue weighted by atomic mass is 9.92. The van der Waals surface area contributed by atoms with Gasteiger partial charge in [0.1, 0.15) is 11.9 Å². The first-order chi connectivity index (χ1) is 17.1. The zero-order valence-electron chi connectivity index (χ0n) is 19.5. The number of nitrogens with one attached hydrogen (secondary N) is 1. The number of carbonyl (C=O) groups is 1. The van der Waals surface area contributed by atoms with Crippen LogP contribution < -0.4 is 9.64 Å². The Morgan fingerprint density at radius 2 is 1.74 bits per heavy atom. The Bertz CT molecular complexity index is 1330. The van der Waals surface area contributed by atoms with Gasteiger partial charge in [-0.15, -0.1) is 0 Å². The van der Waals surface area contributed by atoms with Gasteiger partial charge in [-0.05, 0) is 30.3 Å². The number of nitrogens with zero attached hydrogens (tertiary/aromatic N) is 2. The zero-order valence-corrected chi connectivity index (χ0v) is 20.3. The molecule has 1 saturated heterocycles. The highest BCUT2D eigenvalue weighted by Gasteiger charge is 2.37. The number of anilines is 1. The van der Waals surface area contributed by atoms with Crippen molar-refractivity contribution in [1.82, 2.24) is 9.88 Å². The van der Waals surface area contributed by atoms with Crippen LogP contribution in [-0.2, 0) is 0 Å². The van der Waals surface area contributed by atoms with E-state index in [4.69, 9.17) is 16.3 Å². The average Bonchev–Trinajstić information content (AvgIpc) is 3.33. The molecular formula is C28H28ClN3O3. The number of aromatic nitrogens is 1. The van der Waals surface area contributed by atoms with E-state index in [9.17, 15) is 9.90 Å². The van der Waals surface area contributed by atoms with E-state index in [0.717, 1.165) is 35.2 Å². The van der Waals surface area contributed by atoms with E-state index in [1.165, 1.54) is 0 Å². The van der Waals surface area contributed by atoms with Crippen molar-refractivity contribution in [3.8, 4) is 5.75 Å². The Morgan fingerprint density at radius 1 is 1.00 bits per heavy atom. The number of piperazine rings is 1.